The van der Waals surface area contributed by atoms with Crippen LogP contribution in [0.15, 0.2) is 72.8 Å². The van der Waals surface area contributed by atoms with Crippen molar-refractivity contribution in [3.8, 4) is 17.2 Å². The van der Waals surface area contributed by atoms with Gasteiger partial charge in [-0.25, -0.2) is 4.98 Å². The van der Waals surface area contributed by atoms with Gasteiger partial charge in [-0.15, -0.1) is 0 Å². The molecule has 6 heteroatoms. The van der Waals surface area contributed by atoms with Crippen LogP contribution in [0, 0.1) is 0 Å². The summed E-state index contributed by atoms with van der Waals surface area (Å²) >= 11 is 5.98. The molecule has 0 aliphatic rings. The molecule has 3 aromatic carbocycles. The molecule has 31 heavy (non-hydrogen) atoms. The van der Waals surface area contributed by atoms with Crippen LogP contribution >= 0.6 is 11.6 Å². The number of ether oxygens (including phenoxy) is 3. The van der Waals surface area contributed by atoms with Crippen LogP contribution in [0.4, 0.5) is 0 Å². The van der Waals surface area contributed by atoms with Gasteiger partial charge in [-0.1, -0.05) is 23.7 Å². The van der Waals surface area contributed by atoms with Gasteiger partial charge >= 0.3 is 0 Å². The summed E-state index contributed by atoms with van der Waals surface area (Å²) in [5.41, 5.74) is 2.05. The topological polar surface area (TPSA) is 45.5 Å². The lowest BCUT2D eigenvalue weighted by Gasteiger charge is -2.17. The Kier molecular flexibility index (Phi) is 6.63. The largest absolute Gasteiger partial charge is 0.497 e. The molecule has 0 amide bonds. The smallest absolute Gasteiger partial charge is 0.153 e. The number of fused-ring (bicyclic) bond motifs is 1. The Bertz CT molecular complexity index is 1120. The van der Waals surface area contributed by atoms with Gasteiger partial charge in [0.2, 0.25) is 0 Å². The van der Waals surface area contributed by atoms with E-state index in [4.69, 9.17) is 30.8 Å². The average Bonchev–Trinajstić information content (AvgIpc) is 3.17. The van der Waals surface area contributed by atoms with E-state index in [1.807, 2.05) is 73.7 Å². The van der Waals surface area contributed by atoms with Crippen molar-refractivity contribution in [2.75, 3.05) is 13.7 Å². The SMILES string of the molecule is COc1ccc(OCCCn2c(C(C)Oc3ccc(Cl)cc3)nc3ccccc32)cc1. The Morgan fingerprint density at radius 2 is 1.58 bits per heavy atom. The fourth-order valence-electron chi connectivity index (χ4n) is 3.49. The summed E-state index contributed by atoms with van der Waals surface area (Å²) in [6.45, 7) is 3.39. The summed E-state index contributed by atoms with van der Waals surface area (Å²) < 4.78 is 19.4. The van der Waals surface area contributed by atoms with E-state index in [0.29, 0.717) is 11.6 Å². The third-order valence-corrected chi connectivity index (χ3v) is 5.28. The lowest BCUT2D eigenvalue weighted by atomic mass is 10.3. The van der Waals surface area contributed by atoms with Crippen LogP contribution in [-0.4, -0.2) is 23.3 Å². The van der Waals surface area contributed by atoms with Crippen LogP contribution in [-0.2, 0) is 6.54 Å². The maximum Gasteiger partial charge on any atom is 0.153 e. The molecule has 5 nitrogen and oxygen atoms in total. The Morgan fingerprint density at radius 3 is 2.32 bits per heavy atom. The molecular formula is C25H25ClN2O3. The molecule has 0 bridgehead atoms. The lowest BCUT2D eigenvalue weighted by Crippen LogP contribution is -2.13. The number of nitrogens with zero attached hydrogens (tertiary/aromatic N) is 2. The van der Waals surface area contributed by atoms with E-state index in [-0.39, 0.29) is 6.10 Å². The summed E-state index contributed by atoms with van der Waals surface area (Å²) in [6.07, 6.45) is 0.628. The molecule has 0 N–H and O–H groups in total. The highest BCUT2D eigenvalue weighted by Gasteiger charge is 2.18. The van der Waals surface area contributed by atoms with Crippen molar-refractivity contribution in [1.82, 2.24) is 9.55 Å². The predicted molar refractivity (Wildman–Crippen MR) is 123 cm³/mol. The molecule has 0 radical (unpaired) electrons. The zero-order chi connectivity index (χ0) is 21.6. The number of aromatic nitrogens is 2. The monoisotopic (exact) mass is 436 g/mol. The van der Waals surface area contributed by atoms with Crippen LogP contribution in [0.25, 0.3) is 11.0 Å². The van der Waals surface area contributed by atoms with E-state index in [9.17, 15) is 0 Å². The van der Waals surface area contributed by atoms with Crippen LogP contribution in [0.3, 0.4) is 0 Å². The highest BCUT2D eigenvalue weighted by molar-refractivity contribution is 6.30. The second-order valence-electron chi connectivity index (χ2n) is 7.20. The van der Waals surface area contributed by atoms with Gasteiger partial charge in [0, 0.05) is 11.6 Å². The highest BCUT2D eigenvalue weighted by atomic mass is 35.5. The van der Waals surface area contributed by atoms with Crippen LogP contribution < -0.4 is 14.2 Å². The van der Waals surface area contributed by atoms with E-state index in [0.717, 1.165) is 47.1 Å². The summed E-state index contributed by atoms with van der Waals surface area (Å²) in [5.74, 6) is 3.30. The zero-order valence-electron chi connectivity index (χ0n) is 17.6. The van der Waals surface area contributed by atoms with Crippen molar-refractivity contribution in [2.24, 2.45) is 0 Å². The van der Waals surface area contributed by atoms with E-state index < -0.39 is 0 Å². The zero-order valence-corrected chi connectivity index (χ0v) is 18.4. The van der Waals surface area contributed by atoms with E-state index in [1.54, 1.807) is 7.11 Å². The summed E-state index contributed by atoms with van der Waals surface area (Å²) in [6, 6.07) is 23.2. The summed E-state index contributed by atoms with van der Waals surface area (Å²) in [4.78, 5) is 4.84. The Labute approximate surface area is 187 Å². The van der Waals surface area contributed by atoms with Gasteiger partial charge in [0.1, 0.15) is 17.2 Å². The fraction of sp³-hybridized carbons (Fsp3) is 0.240. The number of hydrogen-bond donors (Lipinski definition) is 0. The standard InChI is InChI=1S/C25H25ClN2O3/c1-18(31-22-10-8-19(26)9-11-22)25-27-23-6-3-4-7-24(23)28(25)16-5-17-30-21-14-12-20(29-2)13-15-21/h3-4,6-15,18H,5,16-17H2,1-2H3. The second kappa shape index (κ2) is 9.75. The van der Waals surface area contributed by atoms with Gasteiger partial charge in [0.05, 0.1) is 24.8 Å². The van der Waals surface area contributed by atoms with E-state index in [1.165, 1.54) is 0 Å². The number of methoxy groups -OCH3 is 1. The van der Waals surface area contributed by atoms with Crippen LogP contribution in [0.5, 0.6) is 17.2 Å². The molecule has 0 aliphatic carbocycles. The number of para-hydroxylation sites is 2. The molecular weight excluding hydrogens is 412 g/mol. The lowest BCUT2D eigenvalue weighted by molar-refractivity contribution is 0.210. The van der Waals surface area contributed by atoms with Crippen LogP contribution in [0.1, 0.15) is 25.3 Å². The highest BCUT2D eigenvalue weighted by Crippen LogP contribution is 2.26. The normalized spacial score (nSPS) is 12.0. The molecule has 1 atom stereocenters. The summed E-state index contributed by atoms with van der Waals surface area (Å²) in [5, 5.41) is 0.684. The molecule has 0 saturated carbocycles. The molecule has 0 spiro atoms. The van der Waals surface area contributed by atoms with E-state index in [2.05, 4.69) is 10.6 Å². The maximum absolute atomic E-state index is 6.14. The van der Waals surface area contributed by atoms with Crippen LogP contribution in [0.2, 0.25) is 5.02 Å². The van der Waals surface area contributed by atoms with Crippen molar-refractivity contribution in [1.29, 1.82) is 0 Å². The van der Waals surface area contributed by atoms with Crippen molar-refractivity contribution >= 4 is 22.6 Å². The minimum absolute atomic E-state index is 0.212. The third-order valence-electron chi connectivity index (χ3n) is 5.03. The van der Waals surface area contributed by atoms with Gasteiger partial charge in [-0.2, -0.15) is 0 Å². The molecule has 0 fully saturated rings. The number of halogens is 1. The second-order valence-corrected chi connectivity index (χ2v) is 7.64. The number of benzene rings is 3. The molecule has 4 aromatic rings. The first-order chi connectivity index (χ1) is 15.1. The van der Waals surface area contributed by atoms with Crippen molar-refractivity contribution in [2.45, 2.75) is 26.0 Å². The van der Waals surface area contributed by atoms with E-state index >= 15 is 0 Å². The van der Waals surface area contributed by atoms with Gasteiger partial charge in [0.15, 0.2) is 11.9 Å². The van der Waals surface area contributed by atoms with Gasteiger partial charge in [-0.3, -0.25) is 0 Å². The first kappa shape index (κ1) is 21.1. The van der Waals surface area contributed by atoms with Crippen molar-refractivity contribution in [3.63, 3.8) is 0 Å². The number of rotatable bonds is 9. The quantitative estimate of drug-likeness (QED) is 0.288. The van der Waals surface area contributed by atoms with Gasteiger partial charge < -0.3 is 18.8 Å². The van der Waals surface area contributed by atoms with Crippen molar-refractivity contribution in [3.05, 3.63) is 83.6 Å². The predicted octanol–water partition coefficient (Wildman–Crippen LogP) is 6.31. The molecule has 0 saturated heterocycles. The fourth-order valence-corrected chi connectivity index (χ4v) is 3.62. The first-order valence-corrected chi connectivity index (χ1v) is 10.7. The molecule has 1 heterocycles. The van der Waals surface area contributed by atoms with Gasteiger partial charge in [0.25, 0.3) is 0 Å². The van der Waals surface area contributed by atoms with Crippen molar-refractivity contribution < 1.29 is 14.2 Å². The number of hydrogen-bond acceptors (Lipinski definition) is 4. The average molecular weight is 437 g/mol. The maximum atomic E-state index is 6.14. The molecule has 0 aliphatic heterocycles. The Morgan fingerprint density at radius 1 is 0.903 bits per heavy atom. The Hall–Kier alpha value is -3.18. The minimum Gasteiger partial charge on any atom is -0.497 e. The summed E-state index contributed by atoms with van der Waals surface area (Å²) in [7, 11) is 1.65. The van der Waals surface area contributed by atoms with Gasteiger partial charge in [-0.05, 0) is 74.0 Å². The number of aryl methyl sites for hydroxylation is 1. The minimum atomic E-state index is -0.212. The third kappa shape index (κ3) is 5.12. The molecule has 1 aromatic heterocycles. The Balaban J connectivity index is 1.46. The molecule has 160 valence electrons. The number of imidazole rings is 1. The molecule has 1 unspecified atom stereocenters. The molecule has 4 rings (SSSR count). The first-order valence-electron chi connectivity index (χ1n) is 10.3.